The molecule has 3 N–H and O–H groups in total. The molecule has 0 spiro atoms. The standard InChI is InChI=1S/C29H29N3O5.C20H17N4O3.C13H19NO2.ClH.HI/c1-29(2,3)37-27(35)24(18-20-12-6-4-7-13-20)30-28(36)31(19-21-14-8-5-9-15-21)32-25(33)22-16-10-11-17-23(22)26(32)34;1-21-11-12-22(14-21)20(27)23(13-15-7-3-2-4-8-15)24-18(25)16-9-5-6-10-17(16)19(24)26;1-13(2,3)16-12(15)11(14)9-10-7-5-4-6-8-10;;/h4-17,24H,18-19H2,1-3H3,(H,30,36);2-12,14H,13H2,1H3;4-8,11H,9,14H2,1-3H3;2*1H/q;+1;;;/p-1/t24-;;11-;;/m0.0../s1. The topological polar surface area (TPSA) is 215 Å². The average Bonchev–Trinajstić information content (AvgIpc) is 4.07. The van der Waals surface area contributed by atoms with Gasteiger partial charge in [0.1, 0.15) is 35.7 Å². The van der Waals surface area contributed by atoms with Crippen LogP contribution in [0.1, 0.15) is 105 Å². The van der Waals surface area contributed by atoms with Gasteiger partial charge in [0.05, 0.1) is 42.4 Å². The maximum absolute atomic E-state index is 13.7. The van der Waals surface area contributed by atoms with Crippen LogP contribution in [-0.4, -0.2) is 95.5 Å². The van der Waals surface area contributed by atoms with Crippen LogP contribution in [0, 0.1) is 0 Å². The Balaban J connectivity index is 0.000000240. The Morgan fingerprint density at radius 2 is 0.866 bits per heavy atom. The predicted octanol–water partition coefficient (Wildman–Crippen LogP) is 5.68. The number of aromatic nitrogens is 2. The molecule has 7 aromatic rings. The molecule has 0 bridgehead atoms. The van der Waals surface area contributed by atoms with Crippen molar-refractivity contribution >= 4 is 60.0 Å². The third-order valence-electron chi connectivity index (χ3n) is 12.1. The number of benzene rings is 6. The molecule has 0 radical (unpaired) electrons. The van der Waals surface area contributed by atoms with Crippen LogP contribution < -0.4 is 39.6 Å². The Morgan fingerprint density at radius 1 is 0.524 bits per heavy atom. The Labute approximate surface area is 500 Å². The van der Waals surface area contributed by atoms with Gasteiger partial charge in [-0.3, -0.25) is 24.0 Å². The van der Waals surface area contributed by atoms with E-state index in [-0.39, 0.29) is 73.0 Å². The molecule has 6 aromatic carbocycles. The van der Waals surface area contributed by atoms with Crippen LogP contribution in [0.2, 0.25) is 0 Å². The lowest BCUT2D eigenvalue weighted by Crippen LogP contribution is -3.00. The minimum atomic E-state index is -1.05. The largest absolute Gasteiger partial charge is 1.00 e. The quantitative estimate of drug-likeness (QED) is 0.0620. The SMILES string of the molecule is CC(C)(C)OC(=O)[C@@H](N)Cc1ccccc1.CC(C)(C)OC(=O)[C@H](Cc1ccccc1)NC(=O)N(Cc1ccccc1)N1C(=O)c2ccccc2C1=O.C[n+]1ccn(C(=O)N(Cc2ccccc2)N2C(=O)c3ccccc3C2=O)c1.Cl.[I-]. The number of halogens is 2. The third kappa shape index (κ3) is 17.0. The van der Waals surface area contributed by atoms with Crippen molar-refractivity contribution in [3.8, 4) is 0 Å². The number of hydrazine groups is 2. The summed E-state index contributed by atoms with van der Waals surface area (Å²) in [5.74, 6) is -3.19. The van der Waals surface area contributed by atoms with E-state index in [0.29, 0.717) is 23.1 Å². The Morgan fingerprint density at radius 3 is 1.24 bits per heavy atom. The molecule has 3 heterocycles. The van der Waals surface area contributed by atoms with Crippen molar-refractivity contribution in [1.82, 2.24) is 29.9 Å². The van der Waals surface area contributed by atoms with Crippen LogP contribution in [0.5, 0.6) is 0 Å². The van der Waals surface area contributed by atoms with Gasteiger partial charge in [-0.1, -0.05) is 146 Å². The number of nitrogens with one attached hydrogen (secondary N) is 1. The van der Waals surface area contributed by atoms with Crippen molar-refractivity contribution in [3.63, 3.8) is 0 Å². The molecule has 0 saturated heterocycles. The predicted molar refractivity (Wildman–Crippen MR) is 304 cm³/mol. The molecule has 0 unspecified atom stereocenters. The van der Waals surface area contributed by atoms with E-state index in [0.717, 1.165) is 31.7 Å². The molecule has 0 fully saturated rings. The van der Waals surface area contributed by atoms with Crippen LogP contribution >= 0.6 is 12.4 Å². The molecule has 82 heavy (non-hydrogen) atoms. The van der Waals surface area contributed by atoms with Gasteiger partial charge in [0.25, 0.3) is 30.0 Å². The third-order valence-corrected chi connectivity index (χ3v) is 12.1. The number of ether oxygens (including phenoxy) is 2. The summed E-state index contributed by atoms with van der Waals surface area (Å²) in [4.78, 5) is 104. The Kier molecular flexibility index (Phi) is 22.5. The summed E-state index contributed by atoms with van der Waals surface area (Å²) in [5, 5.41) is 6.71. The molecule has 1 aromatic heterocycles. The van der Waals surface area contributed by atoms with E-state index < -0.39 is 64.9 Å². The number of imide groups is 2. The summed E-state index contributed by atoms with van der Waals surface area (Å²) >= 11 is 0. The number of carbonyl (C=O) groups is 8. The van der Waals surface area contributed by atoms with Gasteiger partial charge in [-0.15, -0.1) is 12.4 Å². The second-order valence-electron chi connectivity index (χ2n) is 20.8. The number of aryl methyl sites for hydroxylation is 1. The zero-order chi connectivity index (χ0) is 57.7. The summed E-state index contributed by atoms with van der Waals surface area (Å²) in [6.45, 7) is 10.8. The molecule has 9 rings (SSSR count). The number of carbonyl (C=O) groups excluding carboxylic acids is 8. The molecule has 18 nitrogen and oxygen atoms in total. The monoisotopic (exact) mass is 1240 g/mol. The first-order valence-electron chi connectivity index (χ1n) is 25.8. The summed E-state index contributed by atoms with van der Waals surface area (Å²) in [6.07, 6.45) is 5.55. The second-order valence-corrected chi connectivity index (χ2v) is 20.8. The number of esters is 2. The van der Waals surface area contributed by atoms with Gasteiger partial charge >= 0.3 is 24.0 Å². The average molecular weight is 1250 g/mol. The summed E-state index contributed by atoms with van der Waals surface area (Å²) in [7, 11) is 1.79. The van der Waals surface area contributed by atoms with Gasteiger partial charge in [0, 0.05) is 6.42 Å². The van der Waals surface area contributed by atoms with Crippen LogP contribution in [0.3, 0.4) is 0 Å². The maximum Gasteiger partial charge on any atom is 0.435 e. The molecule has 2 atom stereocenters. The van der Waals surface area contributed by atoms with Crippen LogP contribution in [0.4, 0.5) is 9.59 Å². The van der Waals surface area contributed by atoms with Crippen molar-refractivity contribution in [3.05, 3.63) is 233 Å². The normalized spacial score (nSPS) is 13.0. The minimum Gasteiger partial charge on any atom is -1.00 e. The number of rotatable bonds is 13. The molecule has 428 valence electrons. The zero-order valence-electron chi connectivity index (χ0n) is 46.5. The van der Waals surface area contributed by atoms with Gasteiger partial charge in [-0.25, -0.2) is 29.0 Å². The molecule has 20 heteroatoms. The number of nitrogens with two attached hydrogens (primary N) is 1. The van der Waals surface area contributed by atoms with Crippen LogP contribution in [0.25, 0.3) is 0 Å². The highest BCUT2D eigenvalue weighted by Gasteiger charge is 2.44. The first-order valence-corrected chi connectivity index (χ1v) is 25.8. The highest BCUT2D eigenvalue weighted by molar-refractivity contribution is 6.22. The highest BCUT2D eigenvalue weighted by atomic mass is 127. The number of urea groups is 1. The maximum atomic E-state index is 13.7. The summed E-state index contributed by atoms with van der Waals surface area (Å²) in [6, 6.07) is 47.2. The van der Waals surface area contributed by atoms with E-state index in [1.807, 2.05) is 118 Å². The fourth-order valence-corrected chi connectivity index (χ4v) is 8.43. The lowest BCUT2D eigenvalue weighted by Gasteiger charge is -2.32. The number of amides is 7. The van der Waals surface area contributed by atoms with E-state index in [1.54, 1.807) is 124 Å². The van der Waals surface area contributed by atoms with Crippen LogP contribution in [0.15, 0.2) is 189 Å². The Hall–Kier alpha value is -8.53. The smallest absolute Gasteiger partial charge is 0.435 e. The second kappa shape index (κ2) is 28.8. The summed E-state index contributed by atoms with van der Waals surface area (Å²) in [5.41, 5.74) is 8.91. The van der Waals surface area contributed by atoms with Gasteiger partial charge in [0.15, 0.2) is 0 Å². The number of hydrogen-bond donors (Lipinski definition) is 2. The fraction of sp³-hybridized carbons (Fsp3) is 0.242. The van der Waals surface area contributed by atoms with Gasteiger partial charge < -0.3 is 44.5 Å². The first kappa shape index (κ1) is 64.3. The Bertz CT molecular complexity index is 3290. The molecule has 2 aliphatic rings. The molecule has 0 aliphatic carbocycles. The van der Waals surface area contributed by atoms with Gasteiger partial charge in [-0.2, -0.15) is 14.6 Å². The van der Waals surface area contributed by atoms with Gasteiger partial charge in [-0.05, 0) is 94.5 Å². The first-order chi connectivity index (χ1) is 38.1. The highest BCUT2D eigenvalue weighted by Crippen LogP contribution is 2.28. The number of fused-ring (bicyclic) bond motifs is 2. The minimum absolute atomic E-state index is 0. The molecule has 7 amide bonds. The number of hydrogen-bond acceptors (Lipinski definition) is 11. The van der Waals surface area contributed by atoms with Crippen LogP contribution in [-0.2, 0) is 52.0 Å². The van der Waals surface area contributed by atoms with Crippen molar-refractivity contribution in [2.24, 2.45) is 12.8 Å². The van der Waals surface area contributed by atoms with Crippen molar-refractivity contribution in [1.29, 1.82) is 0 Å². The van der Waals surface area contributed by atoms with E-state index in [4.69, 9.17) is 15.2 Å². The fourth-order valence-electron chi connectivity index (χ4n) is 8.43. The number of nitrogens with zero attached hydrogens (tertiary/aromatic N) is 6. The molecular formula is C62H66ClIN8O10. The van der Waals surface area contributed by atoms with Gasteiger partial charge in [0.2, 0.25) is 0 Å². The number of imidazole rings is 1. The lowest BCUT2D eigenvalue weighted by atomic mass is 10.1. The van der Waals surface area contributed by atoms with Crippen molar-refractivity contribution in [2.75, 3.05) is 0 Å². The van der Waals surface area contributed by atoms with E-state index in [1.165, 1.54) is 9.58 Å². The van der Waals surface area contributed by atoms with E-state index in [2.05, 4.69) is 5.32 Å². The molecular weight excluding hydrogens is 1180 g/mol. The molecule has 2 aliphatic heterocycles. The van der Waals surface area contributed by atoms with Crippen molar-refractivity contribution < 1.29 is 76.4 Å². The van der Waals surface area contributed by atoms with E-state index >= 15 is 0 Å². The lowest BCUT2D eigenvalue weighted by molar-refractivity contribution is -0.670. The molecule has 0 saturated carbocycles. The summed E-state index contributed by atoms with van der Waals surface area (Å²) < 4.78 is 13.8. The zero-order valence-corrected chi connectivity index (χ0v) is 49.5. The van der Waals surface area contributed by atoms with Crippen molar-refractivity contribution in [2.45, 2.75) is 90.8 Å². The van der Waals surface area contributed by atoms with E-state index in [9.17, 15) is 38.4 Å².